The molecule has 0 aliphatic heterocycles. The molecule has 2 aromatic carbocycles. The molecule has 0 unspecified atom stereocenters. The number of nitrogens with zero attached hydrogens (tertiary/aromatic N) is 1. The average molecular weight is 242 g/mol. The molecule has 94 valence electrons. The predicted molar refractivity (Wildman–Crippen MR) is 75.2 cm³/mol. The van der Waals surface area contributed by atoms with E-state index in [1.54, 1.807) is 12.1 Å². The summed E-state index contributed by atoms with van der Waals surface area (Å²) in [5.74, 6) is 0.259. The molecule has 0 fully saturated rings. The lowest BCUT2D eigenvalue weighted by molar-refractivity contribution is 0.402. The van der Waals surface area contributed by atoms with Crippen molar-refractivity contribution in [1.82, 2.24) is 4.90 Å². The van der Waals surface area contributed by atoms with Crippen LogP contribution in [-0.4, -0.2) is 24.1 Å². The second-order valence-corrected chi connectivity index (χ2v) is 4.58. The van der Waals surface area contributed by atoms with Gasteiger partial charge in [0, 0.05) is 12.2 Å². The molecule has 0 spiro atoms. The molecule has 2 N–H and O–H groups in total. The van der Waals surface area contributed by atoms with E-state index in [-0.39, 0.29) is 5.75 Å². The van der Waals surface area contributed by atoms with E-state index in [2.05, 4.69) is 22.3 Å². The standard InChI is InChI=1S/C15H18N2O/c1-17(2)11-12-7-9-13(10-8-12)16-14-5-3-4-6-15(14)18/h3-10,16,18H,11H2,1-2H3. The Balaban J connectivity index is 2.09. The van der Waals surface area contributed by atoms with Crippen LogP contribution >= 0.6 is 0 Å². The van der Waals surface area contributed by atoms with Crippen molar-refractivity contribution < 1.29 is 5.11 Å². The lowest BCUT2D eigenvalue weighted by Crippen LogP contribution is -2.10. The Morgan fingerprint density at radius 2 is 1.67 bits per heavy atom. The first-order valence-electron chi connectivity index (χ1n) is 5.94. The highest BCUT2D eigenvalue weighted by molar-refractivity contribution is 5.65. The van der Waals surface area contributed by atoms with E-state index in [1.807, 2.05) is 38.4 Å². The van der Waals surface area contributed by atoms with E-state index < -0.39 is 0 Å². The molecule has 0 saturated carbocycles. The van der Waals surface area contributed by atoms with Crippen molar-refractivity contribution in [3.8, 4) is 5.75 Å². The van der Waals surface area contributed by atoms with E-state index in [9.17, 15) is 5.11 Å². The molecule has 0 aliphatic rings. The number of phenols is 1. The van der Waals surface area contributed by atoms with Crippen LogP contribution in [0.25, 0.3) is 0 Å². The first-order valence-corrected chi connectivity index (χ1v) is 5.94. The Morgan fingerprint density at radius 1 is 1.00 bits per heavy atom. The van der Waals surface area contributed by atoms with Crippen molar-refractivity contribution in [2.45, 2.75) is 6.54 Å². The van der Waals surface area contributed by atoms with Crippen molar-refractivity contribution in [3.05, 3.63) is 54.1 Å². The number of phenolic OH excluding ortho intramolecular Hbond substituents is 1. The van der Waals surface area contributed by atoms with E-state index >= 15 is 0 Å². The fourth-order valence-corrected chi connectivity index (χ4v) is 1.79. The molecule has 0 amide bonds. The molecule has 0 heterocycles. The van der Waals surface area contributed by atoms with Gasteiger partial charge < -0.3 is 15.3 Å². The third-order valence-electron chi connectivity index (χ3n) is 2.64. The highest BCUT2D eigenvalue weighted by Crippen LogP contribution is 2.25. The van der Waals surface area contributed by atoms with E-state index in [0.29, 0.717) is 0 Å². The van der Waals surface area contributed by atoms with Crippen LogP contribution in [0.1, 0.15) is 5.56 Å². The number of para-hydroxylation sites is 2. The SMILES string of the molecule is CN(C)Cc1ccc(Nc2ccccc2O)cc1. The number of aromatic hydroxyl groups is 1. The van der Waals surface area contributed by atoms with Crippen molar-refractivity contribution in [1.29, 1.82) is 0 Å². The Kier molecular flexibility index (Phi) is 3.85. The molecule has 0 bridgehead atoms. The van der Waals surface area contributed by atoms with Gasteiger partial charge in [-0.3, -0.25) is 0 Å². The lowest BCUT2D eigenvalue weighted by Gasteiger charge is -2.11. The summed E-state index contributed by atoms with van der Waals surface area (Å²) < 4.78 is 0. The second-order valence-electron chi connectivity index (χ2n) is 4.58. The lowest BCUT2D eigenvalue weighted by atomic mass is 10.2. The Hall–Kier alpha value is -2.00. The first-order chi connectivity index (χ1) is 8.65. The zero-order valence-electron chi connectivity index (χ0n) is 10.7. The molecule has 0 atom stereocenters. The van der Waals surface area contributed by atoms with Gasteiger partial charge in [-0.05, 0) is 43.9 Å². The summed E-state index contributed by atoms with van der Waals surface area (Å²) in [6.45, 7) is 0.927. The van der Waals surface area contributed by atoms with Crippen molar-refractivity contribution >= 4 is 11.4 Å². The molecular weight excluding hydrogens is 224 g/mol. The fourth-order valence-electron chi connectivity index (χ4n) is 1.79. The summed E-state index contributed by atoms with van der Waals surface area (Å²) in [6, 6.07) is 15.4. The van der Waals surface area contributed by atoms with Gasteiger partial charge in [-0.25, -0.2) is 0 Å². The summed E-state index contributed by atoms with van der Waals surface area (Å²) in [4.78, 5) is 2.13. The average Bonchev–Trinajstić information content (AvgIpc) is 2.34. The maximum Gasteiger partial charge on any atom is 0.139 e. The summed E-state index contributed by atoms with van der Waals surface area (Å²) in [5.41, 5.74) is 2.96. The Labute approximate surface area is 108 Å². The molecule has 18 heavy (non-hydrogen) atoms. The monoisotopic (exact) mass is 242 g/mol. The smallest absolute Gasteiger partial charge is 0.139 e. The summed E-state index contributed by atoms with van der Waals surface area (Å²) in [7, 11) is 4.10. The molecule has 2 aromatic rings. The zero-order chi connectivity index (χ0) is 13.0. The summed E-state index contributed by atoms with van der Waals surface area (Å²) in [5, 5.41) is 12.9. The number of nitrogens with one attached hydrogen (secondary N) is 1. The van der Waals surface area contributed by atoms with Crippen LogP contribution in [0.2, 0.25) is 0 Å². The second kappa shape index (κ2) is 5.56. The molecule has 0 radical (unpaired) electrons. The normalized spacial score (nSPS) is 10.6. The molecule has 0 aromatic heterocycles. The van der Waals surface area contributed by atoms with Gasteiger partial charge in [0.15, 0.2) is 0 Å². The topological polar surface area (TPSA) is 35.5 Å². The number of rotatable bonds is 4. The van der Waals surface area contributed by atoms with Crippen LogP contribution in [0.3, 0.4) is 0 Å². The number of hydrogen-bond acceptors (Lipinski definition) is 3. The van der Waals surface area contributed by atoms with Crippen LogP contribution in [0, 0.1) is 0 Å². The molecule has 3 heteroatoms. The van der Waals surface area contributed by atoms with Gasteiger partial charge in [0.2, 0.25) is 0 Å². The third kappa shape index (κ3) is 3.25. The summed E-state index contributed by atoms with van der Waals surface area (Å²) in [6.07, 6.45) is 0. The van der Waals surface area contributed by atoms with Crippen LogP contribution in [0.15, 0.2) is 48.5 Å². The van der Waals surface area contributed by atoms with Crippen LogP contribution in [0.4, 0.5) is 11.4 Å². The minimum atomic E-state index is 0.259. The van der Waals surface area contributed by atoms with Gasteiger partial charge >= 0.3 is 0 Å². The highest BCUT2D eigenvalue weighted by Gasteiger charge is 2.00. The molecule has 0 aliphatic carbocycles. The van der Waals surface area contributed by atoms with Crippen LogP contribution in [-0.2, 0) is 6.54 Å². The van der Waals surface area contributed by atoms with Gasteiger partial charge in [-0.15, -0.1) is 0 Å². The maximum atomic E-state index is 9.68. The van der Waals surface area contributed by atoms with Crippen molar-refractivity contribution in [2.24, 2.45) is 0 Å². The van der Waals surface area contributed by atoms with E-state index in [4.69, 9.17) is 0 Å². The van der Waals surface area contributed by atoms with Gasteiger partial charge in [0.25, 0.3) is 0 Å². The third-order valence-corrected chi connectivity index (χ3v) is 2.64. The largest absolute Gasteiger partial charge is 0.506 e. The van der Waals surface area contributed by atoms with Crippen molar-refractivity contribution in [3.63, 3.8) is 0 Å². The maximum absolute atomic E-state index is 9.68. The predicted octanol–water partition coefficient (Wildman–Crippen LogP) is 3.20. The Morgan fingerprint density at radius 3 is 2.28 bits per heavy atom. The van der Waals surface area contributed by atoms with Gasteiger partial charge in [-0.1, -0.05) is 24.3 Å². The summed E-state index contributed by atoms with van der Waals surface area (Å²) >= 11 is 0. The van der Waals surface area contributed by atoms with Crippen molar-refractivity contribution in [2.75, 3.05) is 19.4 Å². The van der Waals surface area contributed by atoms with E-state index in [0.717, 1.165) is 17.9 Å². The highest BCUT2D eigenvalue weighted by atomic mass is 16.3. The van der Waals surface area contributed by atoms with Crippen LogP contribution < -0.4 is 5.32 Å². The number of hydrogen-bond donors (Lipinski definition) is 2. The number of benzene rings is 2. The first kappa shape index (κ1) is 12.5. The molecule has 3 nitrogen and oxygen atoms in total. The van der Waals surface area contributed by atoms with Gasteiger partial charge in [-0.2, -0.15) is 0 Å². The van der Waals surface area contributed by atoms with Crippen LogP contribution in [0.5, 0.6) is 5.75 Å². The minimum Gasteiger partial charge on any atom is -0.506 e. The Bertz CT molecular complexity index is 506. The quantitative estimate of drug-likeness (QED) is 0.808. The number of anilines is 2. The molecular formula is C15H18N2O. The minimum absolute atomic E-state index is 0.259. The van der Waals surface area contributed by atoms with Gasteiger partial charge in [0.05, 0.1) is 5.69 Å². The fraction of sp³-hybridized carbons (Fsp3) is 0.200. The van der Waals surface area contributed by atoms with Gasteiger partial charge in [0.1, 0.15) is 5.75 Å². The zero-order valence-corrected chi connectivity index (χ0v) is 10.7. The van der Waals surface area contributed by atoms with E-state index in [1.165, 1.54) is 5.56 Å². The molecule has 2 rings (SSSR count). The molecule has 0 saturated heterocycles.